The molecule has 1 saturated heterocycles. The number of hydrogen-bond acceptors (Lipinski definition) is 11. The minimum absolute atomic E-state index is 0.0646. The third-order valence-electron chi connectivity index (χ3n) is 7.33. The first-order valence-corrected chi connectivity index (χ1v) is 15.0. The van der Waals surface area contributed by atoms with Gasteiger partial charge in [0, 0.05) is 59.0 Å². The van der Waals surface area contributed by atoms with Crippen LogP contribution >= 0.6 is 0 Å². The molecule has 13 nitrogen and oxygen atoms in total. The van der Waals surface area contributed by atoms with Gasteiger partial charge in [0.15, 0.2) is 0 Å². The Bertz CT molecular complexity index is 921. The summed E-state index contributed by atoms with van der Waals surface area (Å²) in [6.45, 7) is 9.69. The number of carboxylic acids is 2. The highest BCUT2D eigenvalue weighted by Crippen LogP contribution is 2.17. The van der Waals surface area contributed by atoms with Crippen molar-refractivity contribution in [2.24, 2.45) is 0 Å². The van der Waals surface area contributed by atoms with Gasteiger partial charge in [0.05, 0.1) is 52.7 Å². The molecule has 0 bridgehead atoms. The first-order valence-electron chi connectivity index (χ1n) is 15.0. The van der Waals surface area contributed by atoms with Gasteiger partial charge in [0.2, 0.25) is 0 Å². The predicted molar refractivity (Wildman–Crippen MR) is 161 cm³/mol. The van der Waals surface area contributed by atoms with Crippen molar-refractivity contribution in [2.45, 2.75) is 19.4 Å². The van der Waals surface area contributed by atoms with Gasteiger partial charge < -0.3 is 38.9 Å². The van der Waals surface area contributed by atoms with Crippen LogP contribution < -0.4 is 4.74 Å². The summed E-state index contributed by atoms with van der Waals surface area (Å²) < 4.78 is 21.6. The number of aliphatic carboxylic acids is 2. The zero-order valence-electron chi connectivity index (χ0n) is 25.7. The first kappa shape index (κ1) is 36.5. The number of ether oxygens (including phenoxy) is 4. The standard InChI is InChI=1S/C30H50N4O9/c1-3-31-8-9-32(24-29(36)37)10-11-33(14-15-35)23-27(34(13-12-31)25-30(38)39)22-26-4-6-28(7-5-26)43-21-20-42-19-18-41-17-16-40-2/h4-7,15,27H,3,8-14,16-25H2,1-2H3,(H,36,37)(H,38,39)/t27-/m0/s1. The summed E-state index contributed by atoms with van der Waals surface area (Å²) in [5, 5.41) is 19.1. The van der Waals surface area contributed by atoms with Gasteiger partial charge in [0.25, 0.3) is 0 Å². The van der Waals surface area contributed by atoms with Crippen LogP contribution in [0.2, 0.25) is 0 Å². The number of aldehydes is 1. The first-order chi connectivity index (χ1) is 20.8. The molecule has 1 fully saturated rings. The lowest BCUT2D eigenvalue weighted by Crippen LogP contribution is -2.52. The molecule has 0 saturated carbocycles. The van der Waals surface area contributed by atoms with E-state index in [1.165, 1.54) is 0 Å². The Labute approximate surface area is 255 Å². The third-order valence-corrected chi connectivity index (χ3v) is 7.33. The molecule has 244 valence electrons. The number of likely N-dealkylation sites (N-methyl/N-ethyl adjacent to an activating group) is 1. The molecule has 13 heteroatoms. The molecule has 0 amide bonds. The van der Waals surface area contributed by atoms with E-state index in [0.29, 0.717) is 97.6 Å². The molecule has 0 aromatic heterocycles. The minimum atomic E-state index is -0.901. The molecule has 1 aliphatic heterocycles. The number of carbonyl (C=O) groups is 3. The lowest BCUT2D eigenvalue weighted by Gasteiger charge is -2.37. The number of methoxy groups -OCH3 is 1. The van der Waals surface area contributed by atoms with Crippen LogP contribution in [0, 0.1) is 0 Å². The minimum Gasteiger partial charge on any atom is -0.491 e. The smallest absolute Gasteiger partial charge is 0.317 e. The number of carbonyl (C=O) groups excluding carboxylic acids is 1. The summed E-state index contributed by atoms with van der Waals surface area (Å²) in [4.78, 5) is 43.0. The van der Waals surface area contributed by atoms with E-state index in [1.807, 2.05) is 45.9 Å². The van der Waals surface area contributed by atoms with E-state index < -0.39 is 11.9 Å². The highest BCUT2D eigenvalue weighted by Gasteiger charge is 2.26. The lowest BCUT2D eigenvalue weighted by molar-refractivity contribution is -0.139. The lowest BCUT2D eigenvalue weighted by atomic mass is 10.0. The SMILES string of the molecule is CCN1CCN(CC(=O)O)CCN(CC=O)C[C@H](Cc2ccc(OCCOCCOCCOC)cc2)N(CC(=O)O)CC1. The average Bonchev–Trinajstić information content (AvgIpc) is 2.97. The van der Waals surface area contributed by atoms with Crippen LogP contribution in [0.25, 0.3) is 0 Å². The number of carboxylic acid groups (broad SMARTS) is 2. The number of nitrogens with zero attached hydrogens (tertiary/aromatic N) is 4. The molecule has 2 N–H and O–H groups in total. The molecule has 0 aliphatic carbocycles. The van der Waals surface area contributed by atoms with Crippen LogP contribution in [0.4, 0.5) is 0 Å². The summed E-state index contributed by atoms with van der Waals surface area (Å²) in [6, 6.07) is 7.57. The van der Waals surface area contributed by atoms with Gasteiger partial charge in [-0.15, -0.1) is 0 Å². The summed E-state index contributed by atoms with van der Waals surface area (Å²) in [5.41, 5.74) is 1.02. The van der Waals surface area contributed by atoms with Gasteiger partial charge in [0.1, 0.15) is 18.6 Å². The van der Waals surface area contributed by atoms with E-state index in [9.17, 15) is 24.6 Å². The maximum absolute atomic E-state index is 11.9. The molecule has 1 aliphatic rings. The molecule has 2 rings (SSSR count). The van der Waals surface area contributed by atoms with Crippen molar-refractivity contribution in [2.75, 3.05) is 119 Å². The summed E-state index contributed by atoms with van der Waals surface area (Å²) in [5.74, 6) is -1.07. The van der Waals surface area contributed by atoms with Crippen LogP contribution in [0.1, 0.15) is 12.5 Å². The molecular formula is C30H50N4O9. The predicted octanol–water partition coefficient (Wildman–Crippen LogP) is 0.266. The topological polar surface area (TPSA) is 142 Å². The van der Waals surface area contributed by atoms with E-state index >= 15 is 0 Å². The van der Waals surface area contributed by atoms with Crippen LogP contribution in [-0.2, 0) is 35.0 Å². The molecule has 43 heavy (non-hydrogen) atoms. The number of benzene rings is 1. The van der Waals surface area contributed by atoms with Crippen LogP contribution in [-0.4, -0.2) is 173 Å². The zero-order chi connectivity index (χ0) is 31.3. The average molecular weight is 611 g/mol. The second-order valence-corrected chi connectivity index (χ2v) is 10.5. The van der Waals surface area contributed by atoms with Gasteiger partial charge in [-0.2, -0.15) is 0 Å². The van der Waals surface area contributed by atoms with Gasteiger partial charge >= 0.3 is 11.9 Å². The van der Waals surface area contributed by atoms with E-state index in [4.69, 9.17) is 18.9 Å². The molecule has 1 atom stereocenters. The monoisotopic (exact) mass is 610 g/mol. The molecule has 1 aromatic rings. The van der Waals surface area contributed by atoms with Crippen molar-refractivity contribution in [3.63, 3.8) is 0 Å². The molecule has 0 radical (unpaired) electrons. The largest absolute Gasteiger partial charge is 0.491 e. The highest BCUT2D eigenvalue weighted by molar-refractivity contribution is 5.69. The zero-order valence-corrected chi connectivity index (χ0v) is 25.7. The van der Waals surface area contributed by atoms with Crippen LogP contribution in [0.5, 0.6) is 5.75 Å². The Morgan fingerprint density at radius 2 is 1.40 bits per heavy atom. The third kappa shape index (κ3) is 16.1. The second-order valence-electron chi connectivity index (χ2n) is 10.5. The fraction of sp³-hybridized carbons (Fsp3) is 0.700. The van der Waals surface area contributed by atoms with E-state index in [2.05, 4.69) is 4.90 Å². The number of hydrogen-bond donors (Lipinski definition) is 2. The molecule has 1 aromatic carbocycles. The van der Waals surface area contributed by atoms with Crippen molar-refractivity contribution < 1.29 is 43.5 Å². The van der Waals surface area contributed by atoms with Gasteiger partial charge in [-0.25, -0.2) is 0 Å². The van der Waals surface area contributed by atoms with Crippen LogP contribution in [0.3, 0.4) is 0 Å². The Kier molecular flexibility index (Phi) is 18.7. The van der Waals surface area contributed by atoms with Crippen molar-refractivity contribution in [1.82, 2.24) is 19.6 Å². The quantitative estimate of drug-likeness (QED) is 0.164. The Morgan fingerprint density at radius 3 is 2.00 bits per heavy atom. The maximum atomic E-state index is 11.9. The van der Waals surface area contributed by atoms with Crippen molar-refractivity contribution >= 4 is 18.2 Å². The van der Waals surface area contributed by atoms with Crippen molar-refractivity contribution in [3.05, 3.63) is 29.8 Å². The molecular weight excluding hydrogens is 560 g/mol. The second kappa shape index (κ2) is 21.9. The Balaban J connectivity index is 2.07. The summed E-state index contributed by atoms with van der Waals surface area (Å²) in [7, 11) is 1.63. The fourth-order valence-electron chi connectivity index (χ4n) is 4.94. The number of rotatable bonds is 19. The molecule has 1 heterocycles. The van der Waals surface area contributed by atoms with E-state index in [1.54, 1.807) is 7.11 Å². The Morgan fingerprint density at radius 1 is 0.814 bits per heavy atom. The van der Waals surface area contributed by atoms with Gasteiger partial charge in [-0.05, 0) is 30.7 Å². The van der Waals surface area contributed by atoms with Crippen LogP contribution in [0.15, 0.2) is 24.3 Å². The Hall–Kier alpha value is -2.65. The molecule has 0 spiro atoms. The fourth-order valence-corrected chi connectivity index (χ4v) is 4.94. The summed E-state index contributed by atoms with van der Waals surface area (Å²) >= 11 is 0. The maximum Gasteiger partial charge on any atom is 0.317 e. The van der Waals surface area contributed by atoms with Crippen molar-refractivity contribution in [3.8, 4) is 5.75 Å². The van der Waals surface area contributed by atoms with Gasteiger partial charge in [-0.1, -0.05) is 19.1 Å². The van der Waals surface area contributed by atoms with Crippen molar-refractivity contribution in [1.29, 1.82) is 0 Å². The highest BCUT2D eigenvalue weighted by atomic mass is 16.6. The van der Waals surface area contributed by atoms with Gasteiger partial charge in [-0.3, -0.25) is 24.3 Å². The molecule has 0 unspecified atom stereocenters. The summed E-state index contributed by atoms with van der Waals surface area (Å²) in [6.07, 6.45) is 1.43. The van der Waals surface area contributed by atoms with E-state index in [-0.39, 0.29) is 25.7 Å². The normalized spacial score (nSPS) is 18.5. The van der Waals surface area contributed by atoms with E-state index in [0.717, 1.165) is 18.4 Å².